The third-order valence-corrected chi connectivity index (χ3v) is 6.10. The van der Waals surface area contributed by atoms with Crippen LogP contribution in [0.2, 0.25) is 0 Å². The highest BCUT2D eigenvalue weighted by Gasteiger charge is 2.47. The molecule has 0 aromatic carbocycles. The smallest absolute Gasteiger partial charge is 0.272 e. The van der Waals surface area contributed by atoms with Crippen molar-refractivity contribution in [3.8, 4) is 6.07 Å². The molecule has 3 aromatic rings. The van der Waals surface area contributed by atoms with Gasteiger partial charge in [-0.3, -0.25) is 9.78 Å². The van der Waals surface area contributed by atoms with Crippen LogP contribution in [0.3, 0.4) is 0 Å². The molecule has 0 aliphatic heterocycles. The molecule has 0 radical (unpaired) electrons. The van der Waals surface area contributed by atoms with E-state index in [2.05, 4.69) is 31.7 Å². The number of nitrogens with one attached hydrogen (secondary N) is 1. The fourth-order valence-electron chi connectivity index (χ4n) is 4.21. The molecule has 3 heterocycles. The van der Waals surface area contributed by atoms with Gasteiger partial charge in [-0.05, 0) is 31.6 Å². The second kappa shape index (κ2) is 6.95. The summed E-state index contributed by atoms with van der Waals surface area (Å²) in [6.07, 6.45) is 15.8. The van der Waals surface area contributed by atoms with Crippen molar-refractivity contribution >= 4 is 11.6 Å². The van der Waals surface area contributed by atoms with Crippen molar-refractivity contribution in [3.63, 3.8) is 0 Å². The van der Waals surface area contributed by atoms with Crippen molar-refractivity contribution < 1.29 is 4.79 Å². The highest BCUT2D eigenvalue weighted by molar-refractivity contribution is 5.93. The molecule has 0 saturated heterocycles. The molecule has 0 bridgehead atoms. The van der Waals surface area contributed by atoms with E-state index in [-0.39, 0.29) is 11.9 Å². The lowest BCUT2D eigenvalue weighted by molar-refractivity contribution is 0.0906. The molecule has 9 nitrogen and oxygen atoms in total. The molecule has 29 heavy (non-hydrogen) atoms. The van der Waals surface area contributed by atoms with Gasteiger partial charge in [-0.2, -0.15) is 5.26 Å². The Balaban J connectivity index is 1.43. The summed E-state index contributed by atoms with van der Waals surface area (Å²) in [5, 5.41) is 21.2. The van der Waals surface area contributed by atoms with Gasteiger partial charge in [0.1, 0.15) is 11.4 Å². The van der Waals surface area contributed by atoms with Crippen molar-refractivity contribution in [2.24, 2.45) is 5.92 Å². The zero-order chi connectivity index (χ0) is 19.8. The predicted molar refractivity (Wildman–Crippen MR) is 103 cm³/mol. The van der Waals surface area contributed by atoms with E-state index in [1.54, 1.807) is 33.9 Å². The van der Waals surface area contributed by atoms with Crippen LogP contribution in [0.4, 0.5) is 0 Å². The van der Waals surface area contributed by atoms with Crippen LogP contribution < -0.4 is 5.32 Å². The van der Waals surface area contributed by atoms with Crippen LogP contribution in [0, 0.1) is 17.2 Å². The highest BCUT2D eigenvalue weighted by Crippen LogP contribution is 2.42. The number of rotatable bonds is 5. The first-order chi connectivity index (χ1) is 14.2. The van der Waals surface area contributed by atoms with Gasteiger partial charge >= 0.3 is 0 Å². The summed E-state index contributed by atoms with van der Waals surface area (Å²) in [7, 11) is 0. The van der Waals surface area contributed by atoms with Gasteiger partial charge < -0.3 is 9.72 Å². The standard InChI is InChI=1S/C20H22N8O/c21-13-20(6-7-20)28-12-15(25-26-28)18(14-4-2-1-3-5-14)24-19(29)16-11-27-9-8-22-10-17(27)23-16/h8-12,14,18H,1-7H2,(H,24,29). The van der Waals surface area contributed by atoms with E-state index in [1.807, 2.05) is 6.20 Å². The Morgan fingerprint density at radius 2 is 2.10 bits per heavy atom. The number of carbonyl (C=O) groups excluding carboxylic acids is 1. The lowest BCUT2D eigenvalue weighted by atomic mass is 9.82. The number of hydrogen-bond donors (Lipinski definition) is 1. The quantitative estimate of drug-likeness (QED) is 0.715. The third-order valence-electron chi connectivity index (χ3n) is 6.10. The molecule has 0 spiro atoms. The number of amides is 1. The van der Waals surface area contributed by atoms with Crippen LogP contribution in [0.1, 0.15) is 67.2 Å². The summed E-state index contributed by atoms with van der Waals surface area (Å²) >= 11 is 0. The Morgan fingerprint density at radius 3 is 2.83 bits per heavy atom. The molecule has 1 atom stereocenters. The van der Waals surface area contributed by atoms with E-state index in [0.29, 0.717) is 17.3 Å². The number of hydrogen-bond acceptors (Lipinski definition) is 6. The van der Waals surface area contributed by atoms with E-state index in [1.165, 1.54) is 6.42 Å². The molecule has 2 fully saturated rings. The number of imidazole rings is 1. The van der Waals surface area contributed by atoms with Crippen LogP contribution in [0.5, 0.6) is 0 Å². The molecule has 3 aromatic heterocycles. The molecule has 2 aliphatic carbocycles. The second-order valence-electron chi connectivity index (χ2n) is 8.05. The molecular weight excluding hydrogens is 368 g/mol. The first-order valence-corrected chi connectivity index (χ1v) is 10.1. The Hall–Kier alpha value is -3.28. The summed E-state index contributed by atoms with van der Waals surface area (Å²) < 4.78 is 3.44. The summed E-state index contributed by atoms with van der Waals surface area (Å²) in [6.45, 7) is 0. The first-order valence-electron chi connectivity index (χ1n) is 10.1. The highest BCUT2D eigenvalue weighted by atomic mass is 16.2. The maximum Gasteiger partial charge on any atom is 0.272 e. The van der Waals surface area contributed by atoms with Crippen LogP contribution in [0.15, 0.2) is 31.0 Å². The van der Waals surface area contributed by atoms with Crippen molar-refractivity contribution in [2.45, 2.75) is 56.5 Å². The van der Waals surface area contributed by atoms with Crippen LogP contribution in [0.25, 0.3) is 5.65 Å². The zero-order valence-corrected chi connectivity index (χ0v) is 16.0. The van der Waals surface area contributed by atoms with Crippen molar-refractivity contribution in [1.29, 1.82) is 5.26 Å². The van der Waals surface area contributed by atoms with Crippen LogP contribution in [-0.2, 0) is 5.54 Å². The number of aromatic nitrogens is 6. The third kappa shape index (κ3) is 3.24. The topological polar surface area (TPSA) is 114 Å². The van der Waals surface area contributed by atoms with Gasteiger partial charge in [0.05, 0.1) is 24.5 Å². The van der Waals surface area contributed by atoms with E-state index in [0.717, 1.165) is 44.2 Å². The second-order valence-corrected chi connectivity index (χ2v) is 8.05. The van der Waals surface area contributed by atoms with Gasteiger partial charge in [-0.15, -0.1) is 5.10 Å². The summed E-state index contributed by atoms with van der Waals surface area (Å²) in [5.41, 5.74) is 1.14. The maximum absolute atomic E-state index is 13.0. The van der Waals surface area contributed by atoms with Crippen molar-refractivity contribution in [3.05, 3.63) is 42.4 Å². The number of nitrogens with zero attached hydrogens (tertiary/aromatic N) is 7. The van der Waals surface area contributed by atoms with Gasteiger partial charge in [0, 0.05) is 18.6 Å². The van der Waals surface area contributed by atoms with E-state index in [9.17, 15) is 10.1 Å². The number of carbonyl (C=O) groups is 1. The van der Waals surface area contributed by atoms with Crippen LogP contribution in [-0.4, -0.2) is 35.3 Å². The van der Waals surface area contributed by atoms with Gasteiger partial charge in [-0.25, -0.2) is 9.67 Å². The zero-order valence-electron chi connectivity index (χ0n) is 16.0. The summed E-state index contributed by atoms with van der Waals surface area (Å²) in [5.74, 6) is 0.0639. The minimum Gasteiger partial charge on any atom is -0.342 e. The molecule has 1 unspecified atom stereocenters. The molecule has 5 rings (SSSR count). The fourth-order valence-corrected chi connectivity index (χ4v) is 4.21. The summed E-state index contributed by atoms with van der Waals surface area (Å²) in [4.78, 5) is 21.4. The Bertz CT molecular complexity index is 1050. The molecule has 9 heteroatoms. The average molecular weight is 390 g/mol. The largest absolute Gasteiger partial charge is 0.342 e. The Morgan fingerprint density at radius 1 is 1.28 bits per heavy atom. The van der Waals surface area contributed by atoms with E-state index in [4.69, 9.17) is 0 Å². The SMILES string of the molecule is N#CC1(n2cc(C(NC(=O)c3cn4ccncc4n3)C3CCCCC3)nn2)CC1. The van der Waals surface area contributed by atoms with Crippen molar-refractivity contribution in [2.75, 3.05) is 0 Å². The minimum absolute atomic E-state index is 0.236. The van der Waals surface area contributed by atoms with Gasteiger partial charge in [-0.1, -0.05) is 24.5 Å². The lowest BCUT2D eigenvalue weighted by Gasteiger charge is -2.29. The molecule has 1 N–H and O–H groups in total. The number of nitriles is 1. The molecular formula is C20H22N8O. The first kappa shape index (κ1) is 17.8. The minimum atomic E-state index is -0.555. The molecule has 148 valence electrons. The Kier molecular flexibility index (Phi) is 4.27. The molecule has 2 saturated carbocycles. The summed E-state index contributed by atoms with van der Waals surface area (Å²) in [6, 6.07) is 2.09. The van der Waals surface area contributed by atoms with Gasteiger partial charge in [0.2, 0.25) is 0 Å². The molecule has 2 aliphatic rings. The van der Waals surface area contributed by atoms with Crippen LogP contribution >= 0.6 is 0 Å². The van der Waals surface area contributed by atoms with E-state index >= 15 is 0 Å². The molecule has 1 amide bonds. The van der Waals surface area contributed by atoms with Gasteiger partial charge in [0.25, 0.3) is 5.91 Å². The fraction of sp³-hybridized carbons (Fsp3) is 0.500. The Labute approximate surface area is 167 Å². The average Bonchev–Trinajstić information content (AvgIpc) is 3.20. The normalized spacial score (nSPS) is 19.6. The monoisotopic (exact) mass is 390 g/mol. The predicted octanol–water partition coefficient (Wildman–Crippen LogP) is 2.38. The number of fused-ring (bicyclic) bond motifs is 1. The van der Waals surface area contributed by atoms with Crippen molar-refractivity contribution in [1.82, 2.24) is 34.7 Å². The van der Waals surface area contributed by atoms with E-state index < -0.39 is 5.54 Å². The van der Waals surface area contributed by atoms with Gasteiger partial charge in [0.15, 0.2) is 11.2 Å². The maximum atomic E-state index is 13.0. The lowest BCUT2D eigenvalue weighted by Crippen LogP contribution is -2.35.